The maximum absolute atomic E-state index is 13.5. The Morgan fingerprint density at radius 2 is 1.67 bits per heavy atom. The Morgan fingerprint density at radius 3 is 2.30 bits per heavy atom. The normalized spacial score (nSPS) is 10.8. The average molecular weight is 401 g/mol. The summed E-state index contributed by atoms with van der Waals surface area (Å²) >= 11 is 0. The van der Waals surface area contributed by atoms with E-state index < -0.39 is 5.97 Å². The van der Waals surface area contributed by atoms with Gasteiger partial charge in [0, 0.05) is 18.2 Å². The fraction of sp³-hybridized carbons (Fsp3) is 0.0833. The van der Waals surface area contributed by atoms with Crippen LogP contribution < -0.4 is 10.5 Å². The van der Waals surface area contributed by atoms with Crippen LogP contribution in [0.4, 0.5) is 10.1 Å². The molecule has 0 aliphatic heterocycles. The fourth-order valence-electron chi connectivity index (χ4n) is 3.29. The molecular formula is C24H20FN3O2. The van der Waals surface area contributed by atoms with Gasteiger partial charge in [-0.25, -0.2) is 4.39 Å². The topological polar surface area (TPSA) is 70.1 Å². The van der Waals surface area contributed by atoms with Gasteiger partial charge in [-0.2, -0.15) is 9.78 Å². The first-order valence-corrected chi connectivity index (χ1v) is 9.42. The number of hydrogen-bond acceptors (Lipinski definition) is 4. The minimum Gasteiger partial charge on any atom is -0.407 e. The van der Waals surface area contributed by atoms with E-state index in [4.69, 9.17) is 15.6 Å². The first-order chi connectivity index (χ1) is 14.4. The van der Waals surface area contributed by atoms with Crippen molar-refractivity contribution in [1.29, 1.82) is 0 Å². The van der Waals surface area contributed by atoms with E-state index in [1.807, 2.05) is 43.3 Å². The highest BCUT2D eigenvalue weighted by atomic mass is 19.1. The Morgan fingerprint density at radius 1 is 1.00 bits per heavy atom. The van der Waals surface area contributed by atoms with Crippen molar-refractivity contribution in [1.82, 2.24) is 9.78 Å². The molecule has 3 aromatic carbocycles. The highest BCUT2D eigenvalue weighted by Gasteiger charge is 2.24. The van der Waals surface area contributed by atoms with Gasteiger partial charge in [-0.15, -0.1) is 0 Å². The molecule has 2 N–H and O–H groups in total. The van der Waals surface area contributed by atoms with Crippen molar-refractivity contribution in [2.24, 2.45) is 0 Å². The van der Waals surface area contributed by atoms with E-state index >= 15 is 0 Å². The number of nitrogens with two attached hydrogens (primary N) is 1. The number of nitrogen functional groups attached to an aromatic ring is 1. The minimum atomic E-state index is -0.467. The van der Waals surface area contributed by atoms with Crippen molar-refractivity contribution in [3.05, 3.63) is 84.2 Å². The summed E-state index contributed by atoms with van der Waals surface area (Å²) in [4.78, 5) is 12.0. The zero-order valence-electron chi connectivity index (χ0n) is 16.6. The summed E-state index contributed by atoms with van der Waals surface area (Å²) in [5.74, 6) is -0.519. The van der Waals surface area contributed by atoms with Crippen LogP contribution in [0.25, 0.3) is 28.1 Å². The first-order valence-electron chi connectivity index (χ1n) is 9.42. The van der Waals surface area contributed by atoms with Gasteiger partial charge in [-0.1, -0.05) is 24.3 Å². The van der Waals surface area contributed by atoms with Gasteiger partial charge >= 0.3 is 5.97 Å². The SMILES string of the molecule is CC(=O)Oc1c(-c2ccc(N)cc2)c(-c2ccc(F)cc2)nn1-c1cccc(C)c1. The molecule has 1 aromatic heterocycles. The molecule has 4 rings (SSSR count). The highest BCUT2D eigenvalue weighted by Crippen LogP contribution is 2.41. The molecule has 0 spiro atoms. The molecule has 0 saturated heterocycles. The van der Waals surface area contributed by atoms with Gasteiger partial charge in [0.05, 0.1) is 11.3 Å². The third-order valence-electron chi connectivity index (χ3n) is 4.65. The van der Waals surface area contributed by atoms with Gasteiger partial charge in [-0.3, -0.25) is 4.79 Å². The van der Waals surface area contributed by atoms with Crippen molar-refractivity contribution >= 4 is 11.7 Å². The zero-order valence-corrected chi connectivity index (χ0v) is 16.6. The second kappa shape index (κ2) is 7.83. The lowest BCUT2D eigenvalue weighted by Crippen LogP contribution is -2.08. The van der Waals surface area contributed by atoms with Crippen LogP contribution in [-0.4, -0.2) is 15.7 Å². The zero-order chi connectivity index (χ0) is 21.3. The number of hydrogen-bond donors (Lipinski definition) is 1. The van der Waals surface area contributed by atoms with E-state index in [1.165, 1.54) is 19.1 Å². The van der Waals surface area contributed by atoms with Crippen LogP contribution in [0, 0.1) is 12.7 Å². The van der Waals surface area contributed by atoms with Crippen LogP contribution in [0.1, 0.15) is 12.5 Å². The highest BCUT2D eigenvalue weighted by molar-refractivity contribution is 5.87. The van der Waals surface area contributed by atoms with Crippen molar-refractivity contribution in [3.63, 3.8) is 0 Å². The monoisotopic (exact) mass is 401 g/mol. The lowest BCUT2D eigenvalue weighted by Gasteiger charge is -2.10. The number of carbonyl (C=O) groups is 1. The summed E-state index contributed by atoms with van der Waals surface area (Å²) in [7, 11) is 0. The number of aryl methyl sites for hydroxylation is 1. The summed E-state index contributed by atoms with van der Waals surface area (Å²) in [5, 5.41) is 4.76. The minimum absolute atomic E-state index is 0.289. The van der Waals surface area contributed by atoms with E-state index in [0.717, 1.165) is 16.8 Å². The van der Waals surface area contributed by atoms with Gasteiger partial charge in [-0.05, 0) is 66.6 Å². The Bertz CT molecular complexity index is 1210. The van der Waals surface area contributed by atoms with Gasteiger partial charge in [0.2, 0.25) is 5.88 Å². The molecule has 0 aliphatic carbocycles. The van der Waals surface area contributed by atoms with Gasteiger partial charge in [0.1, 0.15) is 11.5 Å². The van der Waals surface area contributed by atoms with E-state index in [9.17, 15) is 9.18 Å². The molecule has 6 heteroatoms. The van der Waals surface area contributed by atoms with Crippen LogP contribution in [0.15, 0.2) is 72.8 Å². The molecule has 150 valence electrons. The smallest absolute Gasteiger partial charge is 0.309 e. The predicted octanol–water partition coefficient (Wildman–Crippen LogP) is 5.16. The molecule has 0 amide bonds. The molecule has 4 aromatic rings. The summed E-state index contributed by atoms with van der Waals surface area (Å²) < 4.78 is 20.8. The molecule has 0 fully saturated rings. The van der Waals surface area contributed by atoms with Crippen LogP contribution >= 0.6 is 0 Å². The van der Waals surface area contributed by atoms with Crippen LogP contribution in [0.2, 0.25) is 0 Å². The van der Waals surface area contributed by atoms with E-state index in [2.05, 4.69) is 0 Å². The second-order valence-electron chi connectivity index (χ2n) is 7.00. The summed E-state index contributed by atoms with van der Waals surface area (Å²) in [6, 6.07) is 21.0. The maximum Gasteiger partial charge on any atom is 0.309 e. The third kappa shape index (κ3) is 3.80. The lowest BCUT2D eigenvalue weighted by atomic mass is 10.0. The molecule has 0 aliphatic rings. The molecule has 0 bridgehead atoms. The largest absolute Gasteiger partial charge is 0.407 e. The van der Waals surface area contributed by atoms with Crippen molar-refractivity contribution in [3.8, 4) is 34.0 Å². The lowest BCUT2D eigenvalue weighted by molar-refractivity contribution is -0.132. The number of anilines is 1. The Labute approximate surface area is 173 Å². The molecule has 30 heavy (non-hydrogen) atoms. The van der Waals surface area contributed by atoms with E-state index in [-0.39, 0.29) is 11.7 Å². The number of aromatic nitrogens is 2. The van der Waals surface area contributed by atoms with E-state index in [0.29, 0.717) is 22.5 Å². The van der Waals surface area contributed by atoms with Crippen LogP contribution in [0.3, 0.4) is 0 Å². The molecule has 0 unspecified atom stereocenters. The van der Waals surface area contributed by atoms with Crippen molar-refractivity contribution in [2.75, 3.05) is 5.73 Å². The third-order valence-corrected chi connectivity index (χ3v) is 4.65. The summed E-state index contributed by atoms with van der Waals surface area (Å²) in [6.07, 6.45) is 0. The number of nitrogens with zero attached hydrogens (tertiary/aromatic N) is 2. The molecular weight excluding hydrogens is 381 g/mol. The standard InChI is InChI=1S/C24H20FN3O2/c1-15-4-3-5-21(14-15)28-24(30-16(2)29)22(17-8-12-20(26)13-9-17)23(27-28)18-6-10-19(25)11-7-18/h3-14H,26H2,1-2H3. The number of benzene rings is 3. The van der Waals surface area contributed by atoms with Gasteiger partial charge in [0.15, 0.2) is 0 Å². The molecule has 0 radical (unpaired) electrons. The Balaban J connectivity index is 2.04. The molecule has 0 atom stereocenters. The average Bonchev–Trinajstić information content (AvgIpc) is 3.07. The molecule has 0 saturated carbocycles. The Hall–Kier alpha value is -3.93. The number of ether oxygens (including phenoxy) is 1. The molecule has 1 heterocycles. The Kier molecular flexibility index (Phi) is 5.06. The number of halogens is 1. The number of esters is 1. The number of rotatable bonds is 4. The van der Waals surface area contributed by atoms with Crippen molar-refractivity contribution in [2.45, 2.75) is 13.8 Å². The van der Waals surface area contributed by atoms with Crippen molar-refractivity contribution < 1.29 is 13.9 Å². The first kappa shape index (κ1) is 19.4. The molecule has 5 nitrogen and oxygen atoms in total. The quantitative estimate of drug-likeness (QED) is 0.379. The van der Waals surface area contributed by atoms with E-state index in [1.54, 1.807) is 28.9 Å². The van der Waals surface area contributed by atoms with Crippen LogP contribution in [-0.2, 0) is 4.79 Å². The fourth-order valence-corrected chi connectivity index (χ4v) is 3.29. The van der Waals surface area contributed by atoms with Gasteiger partial charge < -0.3 is 10.5 Å². The number of carbonyl (C=O) groups excluding carboxylic acids is 1. The van der Waals surface area contributed by atoms with Crippen LogP contribution in [0.5, 0.6) is 5.88 Å². The second-order valence-corrected chi connectivity index (χ2v) is 7.00. The summed E-state index contributed by atoms with van der Waals surface area (Å²) in [6.45, 7) is 3.32. The summed E-state index contributed by atoms with van der Waals surface area (Å²) in [5.41, 5.74) is 10.9. The van der Waals surface area contributed by atoms with Gasteiger partial charge in [0.25, 0.3) is 0 Å². The predicted molar refractivity (Wildman–Crippen MR) is 115 cm³/mol. The maximum atomic E-state index is 13.5.